The summed E-state index contributed by atoms with van der Waals surface area (Å²) in [7, 11) is 1.50. The number of aromatic carboxylic acids is 1. The highest BCUT2D eigenvalue weighted by atomic mass is 35.5. The summed E-state index contributed by atoms with van der Waals surface area (Å²) in [5.41, 5.74) is 1.75. The Labute approximate surface area is 210 Å². The number of methoxy groups -OCH3 is 1. The van der Waals surface area contributed by atoms with Crippen molar-refractivity contribution in [1.82, 2.24) is 9.78 Å². The summed E-state index contributed by atoms with van der Waals surface area (Å²) < 4.78 is 18.3. The lowest BCUT2D eigenvalue weighted by Gasteiger charge is -2.10. The molecule has 1 aromatic carbocycles. The molecule has 11 heteroatoms. The molecule has 1 aliphatic heterocycles. The van der Waals surface area contributed by atoms with Crippen LogP contribution in [0.4, 0.5) is 0 Å². The molecule has 0 radical (unpaired) electrons. The second kappa shape index (κ2) is 10.4. The summed E-state index contributed by atoms with van der Waals surface area (Å²) in [6.45, 7) is 2.68. The van der Waals surface area contributed by atoms with Crippen molar-refractivity contribution in [3.63, 3.8) is 0 Å². The van der Waals surface area contributed by atoms with Crippen molar-refractivity contribution in [2.24, 2.45) is 0 Å². The van der Waals surface area contributed by atoms with Crippen molar-refractivity contribution in [1.29, 1.82) is 0 Å². The normalized spacial score (nSPS) is 12.7. The molecule has 1 aliphatic rings. The van der Waals surface area contributed by atoms with E-state index >= 15 is 0 Å². The zero-order valence-electron chi connectivity index (χ0n) is 19.0. The van der Waals surface area contributed by atoms with Crippen LogP contribution in [0.25, 0.3) is 16.6 Å². The van der Waals surface area contributed by atoms with Gasteiger partial charge in [-0.05, 0) is 30.7 Å². The van der Waals surface area contributed by atoms with Gasteiger partial charge in [0.15, 0.2) is 11.5 Å². The largest absolute Gasteiger partial charge is 0.496 e. The van der Waals surface area contributed by atoms with E-state index in [4.69, 9.17) is 25.8 Å². The Morgan fingerprint density at radius 3 is 2.63 bits per heavy atom. The number of halogens is 1. The van der Waals surface area contributed by atoms with Crippen molar-refractivity contribution in [2.45, 2.75) is 32.7 Å². The van der Waals surface area contributed by atoms with E-state index in [1.165, 1.54) is 19.3 Å². The maximum absolute atomic E-state index is 12.1. The number of ether oxygens (including phenoxy) is 3. The van der Waals surface area contributed by atoms with Gasteiger partial charge < -0.3 is 24.4 Å². The summed E-state index contributed by atoms with van der Waals surface area (Å²) in [5.74, 6) is -0.665. The van der Waals surface area contributed by atoms with Crippen LogP contribution >= 0.6 is 22.9 Å². The number of thiophene rings is 1. The minimum atomic E-state index is -1.11. The number of rotatable bonds is 10. The van der Waals surface area contributed by atoms with Crippen LogP contribution in [0.15, 0.2) is 29.8 Å². The van der Waals surface area contributed by atoms with Gasteiger partial charge in [0, 0.05) is 30.2 Å². The predicted molar refractivity (Wildman–Crippen MR) is 131 cm³/mol. The van der Waals surface area contributed by atoms with Crippen molar-refractivity contribution < 1.29 is 34.0 Å². The topological polar surface area (TPSA) is 120 Å². The van der Waals surface area contributed by atoms with Crippen LogP contribution in [0.3, 0.4) is 0 Å². The van der Waals surface area contributed by atoms with Gasteiger partial charge in [0.1, 0.15) is 5.75 Å². The molecule has 2 aromatic heterocycles. The molecule has 35 heavy (non-hydrogen) atoms. The number of carboxylic acid groups (broad SMARTS) is 2. The smallest absolute Gasteiger partial charge is 0.337 e. The predicted octanol–water partition coefficient (Wildman–Crippen LogP) is 5.21. The molecule has 0 amide bonds. The molecule has 0 saturated heterocycles. The molecule has 0 fully saturated rings. The molecular weight excluding hydrogens is 496 g/mol. The molecule has 3 aromatic rings. The standard InChI is InChI=1S/C24H23ClN2O7S/c1-3-4-5-27-17(22-16(24(30)31)10-21(25)35-22)9-15(26-27)7-14(23(28)29)6-13-8-19-20(34-12-33-19)11-18(13)32-2/h7-11H,3-6,12H2,1-2H3,(H,28,29)(H,30,31)/b14-7+. The summed E-state index contributed by atoms with van der Waals surface area (Å²) in [6, 6.07) is 6.47. The third kappa shape index (κ3) is 5.28. The highest BCUT2D eigenvalue weighted by Gasteiger charge is 2.23. The van der Waals surface area contributed by atoms with E-state index in [1.807, 2.05) is 6.92 Å². The number of unbranched alkanes of at least 4 members (excludes halogenated alkanes) is 1. The van der Waals surface area contributed by atoms with Crippen LogP contribution in [0.2, 0.25) is 4.34 Å². The fourth-order valence-corrected chi connectivity index (χ4v) is 4.98. The van der Waals surface area contributed by atoms with E-state index < -0.39 is 11.9 Å². The van der Waals surface area contributed by atoms with Gasteiger partial charge in [-0.3, -0.25) is 4.68 Å². The quantitative estimate of drug-likeness (QED) is 0.351. The fraction of sp³-hybridized carbons (Fsp3) is 0.292. The number of carbonyl (C=O) groups is 2. The number of aliphatic carboxylic acids is 1. The number of fused-ring (bicyclic) bond motifs is 1. The molecule has 4 rings (SSSR count). The van der Waals surface area contributed by atoms with Gasteiger partial charge in [-0.1, -0.05) is 24.9 Å². The second-order valence-electron chi connectivity index (χ2n) is 7.80. The second-order valence-corrected chi connectivity index (χ2v) is 9.48. The Morgan fingerprint density at radius 2 is 1.97 bits per heavy atom. The Morgan fingerprint density at radius 1 is 1.23 bits per heavy atom. The highest BCUT2D eigenvalue weighted by Crippen LogP contribution is 2.39. The first-order valence-corrected chi connectivity index (χ1v) is 12.0. The van der Waals surface area contributed by atoms with Crippen LogP contribution in [-0.2, 0) is 17.8 Å². The number of hydrogen-bond donors (Lipinski definition) is 2. The maximum atomic E-state index is 12.1. The molecule has 3 heterocycles. The molecule has 9 nitrogen and oxygen atoms in total. The van der Waals surface area contributed by atoms with Crippen molar-refractivity contribution in [3.05, 3.63) is 51.0 Å². The van der Waals surface area contributed by atoms with Crippen molar-refractivity contribution in [2.75, 3.05) is 13.9 Å². The first-order chi connectivity index (χ1) is 16.8. The zero-order valence-corrected chi connectivity index (χ0v) is 20.6. The van der Waals surface area contributed by atoms with Crippen LogP contribution < -0.4 is 14.2 Å². The monoisotopic (exact) mass is 518 g/mol. The van der Waals surface area contributed by atoms with E-state index in [-0.39, 0.29) is 24.4 Å². The van der Waals surface area contributed by atoms with Gasteiger partial charge in [0.25, 0.3) is 0 Å². The molecule has 0 bridgehead atoms. The van der Waals surface area contributed by atoms with Gasteiger partial charge in [0.2, 0.25) is 6.79 Å². The first kappa shape index (κ1) is 24.6. The van der Waals surface area contributed by atoms with Gasteiger partial charge in [-0.25, -0.2) is 9.59 Å². The summed E-state index contributed by atoms with van der Waals surface area (Å²) in [6.07, 6.45) is 3.26. The lowest BCUT2D eigenvalue weighted by atomic mass is 10.0. The Balaban J connectivity index is 1.74. The summed E-state index contributed by atoms with van der Waals surface area (Å²) in [4.78, 5) is 24.4. The average molecular weight is 519 g/mol. The molecular formula is C24H23ClN2O7S. The van der Waals surface area contributed by atoms with Crippen LogP contribution in [0.1, 0.15) is 41.4 Å². The first-order valence-electron chi connectivity index (χ1n) is 10.8. The van der Waals surface area contributed by atoms with Crippen molar-refractivity contribution in [3.8, 4) is 27.8 Å². The SMILES string of the molecule is CCCCn1nc(/C=C(\Cc2cc3c(cc2OC)OCO3)C(=O)O)cc1-c1sc(Cl)cc1C(=O)O. The van der Waals surface area contributed by atoms with Gasteiger partial charge >= 0.3 is 11.9 Å². The Hall–Kier alpha value is -3.50. The van der Waals surface area contributed by atoms with Crippen LogP contribution in [-0.4, -0.2) is 45.8 Å². The van der Waals surface area contributed by atoms with Gasteiger partial charge in [0.05, 0.1) is 33.3 Å². The highest BCUT2D eigenvalue weighted by molar-refractivity contribution is 7.19. The molecule has 184 valence electrons. The Bertz CT molecular complexity index is 1310. The minimum Gasteiger partial charge on any atom is -0.496 e. The van der Waals surface area contributed by atoms with E-state index in [2.05, 4.69) is 5.10 Å². The molecule has 0 atom stereocenters. The zero-order chi connectivity index (χ0) is 25.1. The number of aryl methyl sites for hydroxylation is 1. The maximum Gasteiger partial charge on any atom is 0.337 e. The lowest BCUT2D eigenvalue weighted by Crippen LogP contribution is -2.06. The van der Waals surface area contributed by atoms with Gasteiger partial charge in [-0.15, -0.1) is 11.3 Å². The average Bonchev–Trinajstić information content (AvgIpc) is 3.54. The summed E-state index contributed by atoms with van der Waals surface area (Å²) in [5, 5.41) is 24.1. The number of carboxylic acids is 2. The van der Waals surface area contributed by atoms with E-state index in [9.17, 15) is 19.8 Å². The summed E-state index contributed by atoms with van der Waals surface area (Å²) >= 11 is 7.26. The molecule has 2 N–H and O–H groups in total. The van der Waals surface area contributed by atoms with Crippen LogP contribution in [0, 0.1) is 0 Å². The van der Waals surface area contributed by atoms with Crippen LogP contribution in [0.5, 0.6) is 17.2 Å². The number of nitrogens with zero attached hydrogens (tertiary/aromatic N) is 2. The van der Waals surface area contributed by atoms with E-state index in [1.54, 1.807) is 22.9 Å². The number of aromatic nitrogens is 2. The lowest BCUT2D eigenvalue weighted by molar-refractivity contribution is -0.132. The minimum absolute atomic E-state index is 0.0531. The number of hydrogen-bond acceptors (Lipinski definition) is 7. The Kier molecular flexibility index (Phi) is 7.32. The van der Waals surface area contributed by atoms with E-state index in [0.29, 0.717) is 50.0 Å². The fourth-order valence-electron chi connectivity index (χ4n) is 3.74. The third-order valence-electron chi connectivity index (χ3n) is 5.44. The van der Waals surface area contributed by atoms with Crippen molar-refractivity contribution >= 4 is 41.0 Å². The van der Waals surface area contributed by atoms with Gasteiger partial charge in [-0.2, -0.15) is 5.10 Å². The molecule has 0 spiro atoms. The molecule has 0 aliphatic carbocycles. The molecule has 0 unspecified atom stereocenters. The third-order valence-corrected chi connectivity index (χ3v) is 6.73. The number of benzene rings is 1. The molecule has 0 saturated carbocycles. The van der Waals surface area contributed by atoms with E-state index in [0.717, 1.165) is 24.2 Å².